The first-order valence-electron chi connectivity index (χ1n) is 6.95. The van der Waals surface area contributed by atoms with Crippen LogP contribution in [0.2, 0.25) is 0 Å². The lowest BCUT2D eigenvalue weighted by Crippen LogP contribution is -1.98. The van der Waals surface area contributed by atoms with Crippen molar-refractivity contribution in [3.63, 3.8) is 0 Å². The van der Waals surface area contributed by atoms with Crippen LogP contribution in [-0.4, -0.2) is 14.9 Å². The van der Waals surface area contributed by atoms with E-state index in [1.165, 1.54) is 15.9 Å². The van der Waals surface area contributed by atoms with Gasteiger partial charge >= 0.3 is 0 Å². The molecule has 0 amide bonds. The van der Waals surface area contributed by atoms with Crippen molar-refractivity contribution in [2.24, 2.45) is 0 Å². The van der Waals surface area contributed by atoms with Gasteiger partial charge < -0.3 is 10.9 Å². The van der Waals surface area contributed by atoms with Crippen molar-refractivity contribution < 1.29 is 5.21 Å². The summed E-state index contributed by atoms with van der Waals surface area (Å²) in [4.78, 5) is 4.65. The standard InChI is InChI=1S/C17H19N3O/c1-9-10(2)12(4)16-15(11(9)3)19-17(20(16)21)13-5-7-14(18)8-6-13/h5-8,21H,18H2,1-4H3. The minimum absolute atomic E-state index is 0.543. The summed E-state index contributed by atoms with van der Waals surface area (Å²) in [5, 5.41) is 10.6. The summed E-state index contributed by atoms with van der Waals surface area (Å²) in [5.41, 5.74) is 13.5. The Labute approximate surface area is 123 Å². The number of anilines is 1. The smallest absolute Gasteiger partial charge is 0.176 e. The van der Waals surface area contributed by atoms with E-state index in [-0.39, 0.29) is 0 Å². The van der Waals surface area contributed by atoms with E-state index in [4.69, 9.17) is 5.73 Å². The van der Waals surface area contributed by atoms with Crippen LogP contribution in [0.5, 0.6) is 0 Å². The molecule has 0 aliphatic rings. The highest BCUT2D eigenvalue weighted by Gasteiger charge is 2.18. The number of fused-ring (bicyclic) bond motifs is 1. The van der Waals surface area contributed by atoms with Crippen LogP contribution in [0, 0.1) is 27.7 Å². The Bertz CT molecular complexity index is 845. The van der Waals surface area contributed by atoms with Crippen LogP contribution in [0.3, 0.4) is 0 Å². The largest absolute Gasteiger partial charge is 0.426 e. The molecule has 0 spiro atoms. The Hall–Kier alpha value is -2.49. The van der Waals surface area contributed by atoms with E-state index in [1.807, 2.05) is 38.1 Å². The van der Waals surface area contributed by atoms with E-state index in [2.05, 4.69) is 18.8 Å². The Balaban J connectivity index is 2.37. The molecule has 21 heavy (non-hydrogen) atoms. The number of hydrogen-bond acceptors (Lipinski definition) is 3. The predicted molar refractivity (Wildman–Crippen MR) is 85.7 cm³/mol. The minimum Gasteiger partial charge on any atom is -0.426 e. The van der Waals surface area contributed by atoms with Crippen molar-refractivity contribution in [3.8, 4) is 11.4 Å². The van der Waals surface area contributed by atoms with Gasteiger partial charge in [-0.2, -0.15) is 4.73 Å². The van der Waals surface area contributed by atoms with Gasteiger partial charge in [0.05, 0.1) is 5.52 Å². The Kier molecular flexibility index (Phi) is 2.90. The fraction of sp³-hybridized carbons (Fsp3) is 0.235. The van der Waals surface area contributed by atoms with Gasteiger partial charge in [0, 0.05) is 11.3 Å². The highest BCUT2D eigenvalue weighted by Crippen LogP contribution is 2.32. The maximum Gasteiger partial charge on any atom is 0.176 e. The number of hydrogen-bond donors (Lipinski definition) is 2. The van der Waals surface area contributed by atoms with Crippen molar-refractivity contribution in [2.75, 3.05) is 5.73 Å². The van der Waals surface area contributed by atoms with Crippen molar-refractivity contribution in [2.45, 2.75) is 27.7 Å². The highest BCUT2D eigenvalue weighted by atomic mass is 16.5. The van der Waals surface area contributed by atoms with E-state index in [0.717, 1.165) is 27.7 Å². The SMILES string of the molecule is Cc1c(C)c(C)c2c(nc(-c3ccc(N)cc3)n2O)c1C. The first-order valence-corrected chi connectivity index (χ1v) is 6.95. The Morgan fingerprint density at radius 1 is 0.905 bits per heavy atom. The summed E-state index contributed by atoms with van der Waals surface area (Å²) >= 11 is 0. The second-order valence-corrected chi connectivity index (χ2v) is 5.57. The molecule has 0 saturated carbocycles. The van der Waals surface area contributed by atoms with Gasteiger partial charge in [0.25, 0.3) is 0 Å². The van der Waals surface area contributed by atoms with Crippen LogP contribution in [0.4, 0.5) is 5.69 Å². The number of rotatable bonds is 1. The van der Waals surface area contributed by atoms with E-state index < -0.39 is 0 Å². The molecule has 4 heteroatoms. The molecule has 4 nitrogen and oxygen atoms in total. The molecule has 1 aromatic heterocycles. The lowest BCUT2D eigenvalue weighted by molar-refractivity contribution is 0.202. The van der Waals surface area contributed by atoms with Gasteiger partial charge in [-0.3, -0.25) is 0 Å². The molecule has 0 radical (unpaired) electrons. The zero-order valence-corrected chi connectivity index (χ0v) is 12.7. The van der Waals surface area contributed by atoms with Crippen LogP contribution in [-0.2, 0) is 0 Å². The average Bonchev–Trinajstić information content (AvgIpc) is 2.81. The fourth-order valence-electron chi connectivity index (χ4n) is 2.75. The van der Waals surface area contributed by atoms with Gasteiger partial charge in [-0.05, 0) is 74.2 Å². The quantitative estimate of drug-likeness (QED) is 0.527. The second-order valence-electron chi connectivity index (χ2n) is 5.57. The average molecular weight is 281 g/mol. The van der Waals surface area contributed by atoms with Crippen molar-refractivity contribution in [1.29, 1.82) is 0 Å². The lowest BCUT2D eigenvalue weighted by Gasteiger charge is -2.10. The maximum atomic E-state index is 10.6. The lowest BCUT2D eigenvalue weighted by atomic mass is 9.97. The number of aromatic nitrogens is 2. The highest BCUT2D eigenvalue weighted by molar-refractivity contribution is 5.88. The molecule has 0 saturated heterocycles. The second kappa shape index (κ2) is 4.52. The molecule has 3 N–H and O–H groups in total. The zero-order valence-electron chi connectivity index (χ0n) is 12.7. The summed E-state index contributed by atoms with van der Waals surface area (Å²) in [6.45, 7) is 8.23. The third-order valence-electron chi connectivity index (χ3n) is 4.42. The van der Waals surface area contributed by atoms with E-state index in [0.29, 0.717) is 11.5 Å². The monoisotopic (exact) mass is 281 g/mol. The van der Waals surface area contributed by atoms with Gasteiger partial charge in [0.15, 0.2) is 5.82 Å². The predicted octanol–water partition coefficient (Wildman–Crippen LogP) is 3.76. The van der Waals surface area contributed by atoms with Crippen LogP contribution in [0.15, 0.2) is 24.3 Å². The number of nitrogens with zero attached hydrogens (tertiary/aromatic N) is 2. The third kappa shape index (κ3) is 1.87. The van der Waals surface area contributed by atoms with E-state index in [1.54, 1.807) is 0 Å². The van der Waals surface area contributed by atoms with Gasteiger partial charge in [-0.25, -0.2) is 4.98 Å². The number of imidazole rings is 1. The molecular formula is C17H19N3O. The molecule has 0 unspecified atom stereocenters. The summed E-state index contributed by atoms with van der Waals surface area (Å²) in [7, 11) is 0. The Morgan fingerprint density at radius 3 is 2.10 bits per heavy atom. The molecule has 0 atom stereocenters. The summed E-state index contributed by atoms with van der Waals surface area (Å²) in [5.74, 6) is 0.543. The number of nitrogens with two attached hydrogens (primary N) is 1. The molecule has 0 fully saturated rings. The molecule has 3 rings (SSSR count). The van der Waals surface area contributed by atoms with Crippen LogP contribution < -0.4 is 5.73 Å². The number of benzene rings is 2. The molecule has 3 aromatic rings. The van der Waals surface area contributed by atoms with E-state index >= 15 is 0 Å². The Morgan fingerprint density at radius 2 is 1.48 bits per heavy atom. The van der Waals surface area contributed by atoms with Crippen LogP contribution in [0.1, 0.15) is 22.3 Å². The van der Waals surface area contributed by atoms with Crippen molar-refractivity contribution in [3.05, 3.63) is 46.5 Å². The van der Waals surface area contributed by atoms with Crippen LogP contribution >= 0.6 is 0 Å². The minimum atomic E-state index is 0.543. The number of nitrogen functional groups attached to an aromatic ring is 1. The van der Waals surface area contributed by atoms with Crippen LogP contribution in [0.25, 0.3) is 22.4 Å². The van der Waals surface area contributed by atoms with Gasteiger partial charge in [0.1, 0.15) is 5.52 Å². The molecular weight excluding hydrogens is 262 g/mol. The molecule has 2 aromatic carbocycles. The molecule has 108 valence electrons. The van der Waals surface area contributed by atoms with Gasteiger partial charge in [-0.1, -0.05) is 0 Å². The topological polar surface area (TPSA) is 64.1 Å². The molecule has 0 aliphatic carbocycles. The first kappa shape index (κ1) is 13.5. The summed E-state index contributed by atoms with van der Waals surface area (Å²) < 4.78 is 1.19. The third-order valence-corrected chi connectivity index (χ3v) is 4.42. The first-order chi connectivity index (χ1) is 9.91. The van der Waals surface area contributed by atoms with E-state index in [9.17, 15) is 5.21 Å². The molecule has 0 aliphatic heterocycles. The summed E-state index contributed by atoms with van der Waals surface area (Å²) in [6, 6.07) is 7.36. The summed E-state index contributed by atoms with van der Waals surface area (Å²) in [6.07, 6.45) is 0. The maximum absolute atomic E-state index is 10.6. The fourth-order valence-corrected chi connectivity index (χ4v) is 2.75. The van der Waals surface area contributed by atoms with Crippen molar-refractivity contribution in [1.82, 2.24) is 9.71 Å². The van der Waals surface area contributed by atoms with Gasteiger partial charge in [-0.15, -0.1) is 0 Å². The van der Waals surface area contributed by atoms with Crippen molar-refractivity contribution >= 4 is 16.7 Å². The molecule has 0 bridgehead atoms. The van der Waals surface area contributed by atoms with Gasteiger partial charge in [0.2, 0.25) is 0 Å². The zero-order chi connectivity index (χ0) is 15.3. The normalized spacial score (nSPS) is 11.2. The number of aryl methyl sites for hydroxylation is 2. The molecule has 1 heterocycles.